The predicted molar refractivity (Wildman–Crippen MR) is 83.0 cm³/mol. The van der Waals surface area contributed by atoms with Crippen molar-refractivity contribution in [2.24, 2.45) is 5.92 Å². The van der Waals surface area contributed by atoms with Crippen molar-refractivity contribution >= 4 is 0 Å². The van der Waals surface area contributed by atoms with Crippen LogP contribution in [0.3, 0.4) is 0 Å². The monoisotopic (exact) mass is 290 g/mol. The molecular weight excluding hydrogens is 264 g/mol. The third-order valence-electron chi connectivity index (χ3n) is 4.18. The highest BCUT2D eigenvalue weighted by molar-refractivity contribution is 5.35. The molecule has 0 radical (unpaired) electrons. The number of nitrogens with one attached hydrogen (secondary N) is 1. The first-order valence-electron chi connectivity index (χ1n) is 7.60. The Morgan fingerprint density at radius 2 is 2.38 bits per heavy atom. The van der Waals surface area contributed by atoms with Crippen LogP contribution in [0.4, 0.5) is 0 Å². The molecule has 1 fully saturated rings. The lowest BCUT2D eigenvalue weighted by atomic mass is 10.1. The highest BCUT2D eigenvalue weighted by Crippen LogP contribution is 2.18. The van der Waals surface area contributed by atoms with Gasteiger partial charge in [-0.2, -0.15) is 5.26 Å². The van der Waals surface area contributed by atoms with Gasteiger partial charge in [0.2, 0.25) is 0 Å². The lowest BCUT2D eigenvalue weighted by molar-refractivity contribution is 0.157. The number of likely N-dealkylation sites (tertiary alicyclic amines) is 1. The van der Waals surface area contributed by atoms with Crippen molar-refractivity contribution in [3.8, 4) is 6.07 Å². The van der Waals surface area contributed by atoms with E-state index in [0.29, 0.717) is 0 Å². The van der Waals surface area contributed by atoms with Crippen LogP contribution >= 0.6 is 0 Å². The van der Waals surface area contributed by atoms with Gasteiger partial charge in [0.1, 0.15) is 6.07 Å². The fraction of sp³-hybridized carbons (Fsp3) is 0.688. The quantitative estimate of drug-likeness (QED) is 0.828. The topological polar surface area (TPSA) is 55.3 Å². The van der Waals surface area contributed by atoms with Crippen molar-refractivity contribution in [2.75, 3.05) is 46.9 Å². The van der Waals surface area contributed by atoms with Gasteiger partial charge in [0.05, 0.1) is 12.2 Å². The average Bonchev–Trinajstić information content (AvgIpc) is 3.02. The Labute approximate surface area is 127 Å². The van der Waals surface area contributed by atoms with Crippen LogP contribution in [-0.2, 0) is 11.3 Å². The summed E-state index contributed by atoms with van der Waals surface area (Å²) in [6.45, 7) is 8.13. The van der Waals surface area contributed by atoms with Gasteiger partial charge in [0.15, 0.2) is 0 Å². The maximum absolute atomic E-state index is 9.00. The van der Waals surface area contributed by atoms with E-state index < -0.39 is 0 Å². The first kappa shape index (κ1) is 16.0. The van der Waals surface area contributed by atoms with E-state index in [1.807, 2.05) is 13.0 Å². The summed E-state index contributed by atoms with van der Waals surface area (Å²) in [6, 6.07) is 4.18. The Hall–Kier alpha value is -1.35. The first-order chi connectivity index (χ1) is 10.1. The molecule has 1 aliphatic rings. The van der Waals surface area contributed by atoms with Gasteiger partial charge < -0.3 is 19.5 Å². The van der Waals surface area contributed by atoms with Crippen molar-refractivity contribution in [3.63, 3.8) is 0 Å². The number of aryl methyl sites for hydroxylation is 1. The molecule has 1 atom stereocenters. The third-order valence-corrected chi connectivity index (χ3v) is 4.18. The number of rotatable bonds is 7. The molecule has 21 heavy (non-hydrogen) atoms. The Balaban J connectivity index is 1.77. The van der Waals surface area contributed by atoms with Gasteiger partial charge in [-0.1, -0.05) is 0 Å². The zero-order chi connectivity index (χ0) is 15.2. The number of hydrogen-bond acceptors (Lipinski definition) is 4. The smallest absolute Gasteiger partial charge is 0.101 e. The number of nitrogens with zero attached hydrogens (tertiary/aromatic N) is 3. The van der Waals surface area contributed by atoms with Crippen LogP contribution in [0.25, 0.3) is 0 Å². The van der Waals surface area contributed by atoms with E-state index in [0.717, 1.165) is 49.1 Å². The molecule has 1 saturated heterocycles. The van der Waals surface area contributed by atoms with Crippen molar-refractivity contribution < 1.29 is 4.74 Å². The number of methoxy groups -OCH3 is 1. The van der Waals surface area contributed by atoms with Crippen molar-refractivity contribution in [2.45, 2.75) is 19.9 Å². The highest BCUT2D eigenvalue weighted by atomic mass is 16.5. The van der Waals surface area contributed by atoms with Crippen LogP contribution in [0.5, 0.6) is 0 Å². The minimum Gasteiger partial charge on any atom is -0.383 e. The predicted octanol–water partition coefficient (Wildman–Crippen LogP) is 1.59. The Morgan fingerprint density at radius 3 is 3.05 bits per heavy atom. The standard InChI is InChI=1S/C16H26N4O/c1-13-15(9-17)8-16(18-13)12-19(2)10-14-4-5-20(11-14)6-7-21-3/h8,14,18H,4-7,10-12H2,1-3H3. The van der Waals surface area contributed by atoms with E-state index in [1.54, 1.807) is 7.11 Å². The molecule has 116 valence electrons. The van der Waals surface area contributed by atoms with Gasteiger partial charge in [-0.3, -0.25) is 0 Å². The molecule has 1 aromatic heterocycles. The van der Waals surface area contributed by atoms with E-state index in [2.05, 4.69) is 27.9 Å². The molecule has 1 aromatic rings. The molecule has 0 bridgehead atoms. The first-order valence-corrected chi connectivity index (χ1v) is 7.60. The molecule has 1 N–H and O–H groups in total. The number of H-pyrrole nitrogens is 1. The normalized spacial score (nSPS) is 19.3. The zero-order valence-corrected chi connectivity index (χ0v) is 13.4. The van der Waals surface area contributed by atoms with Crippen molar-refractivity contribution in [1.82, 2.24) is 14.8 Å². The van der Waals surface area contributed by atoms with E-state index >= 15 is 0 Å². The van der Waals surface area contributed by atoms with Gasteiger partial charge in [0.25, 0.3) is 0 Å². The van der Waals surface area contributed by atoms with Gasteiger partial charge in [-0.05, 0) is 38.9 Å². The number of hydrogen-bond donors (Lipinski definition) is 1. The molecule has 2 heterocycles. The molecular formula is C16H26N4O. The average molecular weight is 290 g/mol. The van der Waals surface area contributed by atoms with Crippen molar-refractivity contribution in [3.05, 3.63) is 23.0 Å². The highest BCUT2D eigenvalue weighted by Gasteiger charge is 2.23. The minimum atomic E-state index is 0.735. The Bertz CT molecular complexity index is 491. The lowest BCUT2D eigenvalue weighted by Crippen LogP contribution is -2.29. The summed E-state index contributed by atoms with van der Waals surface area (Å²) in [6.07, 6.45) is 1.27. The van der Waals surface area contributed by atoms with E-state index in [4.69, 9.17) is 10.00 Å². The Kier molecular flexibility index (Phi) is 5.80. The molecule has 0 spiro atoms. The minimum absolute atomic E-state index is 0.735. The Morgan fingerprint density at radius 1 is 1.57 bits per heavy atom. The molecule has 2 rings (SSSR count). The number of nitriles is 1. The van der Waals surface area contributed by atoms with Gasteiger partial charge in [0, 0.05) is 44.7 Å². The van der Waals surface area contributed by atoms with Crippen molar-refractivity contribution in [1.29, 1.82) is 5.26 Å². The fourth-order valence-corrected chi connectivity index (χ4v) is 3.11. The SMILES string of the molecule is COCCN1CCC(CN(C)Cc2cc(C#N)c(C)[nH]2)C1. The maximum Gasteiger partial charge on any atom is 0.101 e. The summed E-state index contributed by atoms with van der Waals surface area (Å²) in [4.78, 5) is 8.12. The fourth-order valence-electron chi connectivity index (χ4n) is 3.11. The molecule has 0 amide bonds. The summed E-state index contributed by atoms with van der Waals surface area (Å²) in [5.74, 6) is 0.735. The second kappa shape index (κ2) is 7.60. The van der Waals surface area contributed by atoms with E-state index in [1.165, 1.54) is 19.5 Å². The molecule has 1 aliphatic heterocycles. The molecule has 0 saturated carbocycles. The number of ether oxygens (including phenoxy) is 1. The van der Waals surface area contributed by atoms with Crippen LogP contribution in [-0.4, -0.2) is 61.7 Å². The van der Waals surface area contributed by atoms with Gasteiger partial charge in [-0.15, -0.1) is 0 Å². The molecule has 5 heteroatoms. The maximum atomic E-state index is 9.00. The van der Waals surface area contributed by atoms with Crippen LogP contribution in [0.1, 0.15) is 23.4 Å². The largest absolute Gasteiger partial charge is 0.383 e. The second-order valence-electron chi connectivity index (χ2n) is 6.09. The van der Waals surface area contributed by atoms with E-state index in [9.17, 15) is 0 Å². The zero-order valence-electron chi connectivity index (χ0n) is 13.4. The van der Waals surface area contributed by atoms with Crippen LogP contribution in [0, 0.1) is 24.2 Å². The van der Waals surface area contributed by atoms with Gasteiger partial charge in [-0.25, -0.2) is 0 Å². The summed E-state index contributed by atoms with van der Waals surface area (Å²) < 4.78 is 5.14. The summed E-state index contributed by atoms with van der Waals surface area (Å²) in [5.41, 5.74) is 2.85. The molecule has 0 aromatic carbocycles. The summed E-state index contributed by atoms with van der Waals surface area (Å²) in [5, 5.41) is 9.00. The lowest BCUT2D eigenvalue weighted by Gasteiger charge is -2.21. The van der Waals surface area contributed by atoms with E-state index in [-0.39, 0.29) is 0 Å². The number of aromatic nitrogens is 1. The van der Waals surface area contributed by atoms with Crippen LogP contribution < -0.4 is 0 Å². The van der Waals surface area contributed by atoms with Gasteiger partial charge >= 0.3 is 0 Å². The van der Waals surface area contributed by atoms with Crippen LogP contribution in [0.15, 0.2) is 6.07 Å². The molecule has 5 nitrogen and oxygen atoms in total. The molecule has 1 unspecified atom stereocenters. The summed E-state index contributed by atoms with van der Waals surface area (Å²) in [7, 11) is 3.91. The molecule has 0 aliphatic carbocycles. The number of aromatic amines is 1. The van der Waals surface area contributed by atoms with Crippen LogP contribution in [0.2, 0.25) is 0 Å². The third kappa shape index (κ3) is 4.57. The summed E-state index contributed by atoms with van der Waals surface area (Å²) >= 11 is 0. The second-order valence-corrected chi connectivity index (χ2v) is 6.09.